The zero-order valence-electron chi connectivity index (χ0n) is 30.5. The summed E-state index contributed by atoms with van der Waals surface area (Å²) in [7, 11) is 0. The Morgan fingerprint density at radius 1 is 0.351 bits per heavy atom. The third-order valence-electron chi connectivity index (χ3n) is 11.9. The predicted molar refractivity (Wildman–Crippen MR) is 236 cm³/mol. The summed E-state index contributed by atoms with van der Waals surface area (Å²) in [6, 6.07) is 64.6. The molecule has 13 aromatic rings. The maximum Gasteiger partial charge on any atom is 0.165 e. The fourth-order valence-corrected chi connectivity index (χ4v) is 9.44. The van der Waals surface area contributed by atoms with E-state index >= 15 is 0 Å². The van der Waals surface area contributed by atoms with Gasteiger partial charge in [0.15, 0.2) is 5.82 Å². The molecule has 5 heteroatoms. The molecule has 9 aromatic carbocycles. The first-order valence-corrected chi connectivity index (χ1v) is 19.3. The molecular weight excluding hydrogens is 697 g/mol. The van der Waals surface area contributed by atoms with Gasteiger partial charge in [0, 0.05) is 54.3 Å². The maximum atomic E-state index is 6.33. The Kier molecular flexibility index (Phi) is 6.10. The largest absolute Gasteiger partial charge is 0.456 e. The van der Waals surface area contributed by atoms with E-state index in [0.29, 0.717) is 0 Å². The van der Waals surface area contributed by atoms with Crippen molar-refractivity contribution in [3.05, 3.63) is 182 Å². The normalized spacial score (nSPS) is 12.2. The van der Waals surface area contributed by atoms with Gasteiger partial charge in [-0.25, -0.2) is 9.97 Å². The molecule has 13 rings (SSSR count). The SMILES string of the molecule is c1ccc(-n2c3ccccc3c3ccc4c5ccccc5n(-c5nc6c7ccccc7c7ccccc7c6nc5-c5ccc6oc7ccccc7c6c5)c4c32)cc1. The Morgan fingerprint density at radius 3 is 1.54 bits per heavy atom. The van der Waals surface area contributed by atoms with Crippen molar-refractivity contribution >= 4 is 98.1 Å². The third kappa shape index (κ3) is 4.17. The Bertz CT molecular complexity index is 3810. The number of nitrogens with zero attached hydrogens (tertiary/aromatic N) is 4. The molecule has 0 fully saturated rings. The first kappa shape index (κ1) is 30.6. The molecule has 4 heterocycles. The quantitative estimate of drug-likeness (QED) is 0.170. The van der Waals surface area contributed by atoms with E-state index < -0.39 is 0 Å². The Balaban J connectivity index is 1.27. The van der Waals surface area contributed by atoms with Crippen LogP contribution in [-0.4, -0.2) is 19.1 Å². The van der Waals surface area contributed by atoms with Gasteiger partial charge in [0.1, 0.15) is 16.9 Å². The van der Waals surface area contributed by atoms with Crippen LogP contribution in [0.5, 0.6) is 0 Å². The highest BCUT2D eigenvalue weighted by Crippen LogP contribution is 2.44. The molecule has 0 saturated heterocycles. The van der Waals surface area contributed by atoms with Crippen LogP contribution in [-0.2, 0) is 0 Å². The van der Waals surface area contributed by atoms with Gasteiger partial charge in [-0.2, -0.15) is 0 Å². The van der Waals surface area contributed by atoms with E-state index in [1.54, 1.807) is 0 Å². The van der Waals surface area contributed by atoms with Crippen molar-refractivity contribution in [1.82, 2.24) is 19.1 Å². The smallest absolute Gasteiger partial charge is 0.165 e. The van der Waals surface area contributed by atoms with Crippen molar-refractivity contribution in [1.29, 1.82) is 0 Å². The topological polar surface area (TPSA) is 48.8 Å². The van der Waals surface area contributed by atoms with Crippen molar-refractivity contribution in [2.45, 2.75) is 0 Å². The number of furan rings is 1. The van der Waals surface area contributed by atoms with Crippen LogP contribution >= 0.6 is 0 Å². The minimum Gasteiger partial charge on any atom is -0.456 e. The van der Waals surface area contributed by atoms with Crippen LogP contribution in [0.2, 0.25) is 0 Å². The second-order valence-corrected chi connectivity index (χ2v) is 14.9. The summed E-state index contributed by atoms with van der Waals surface area (Å²) in [5, 5.41) is 11.3. The number of para-hydroxylation sites is 4. The van der Waals surface area contributed by atoms with Gasteiger partial charge in [0.05, 0.1) is 33.1 Å². The summed E-state index contributed by atoms with van der Waals surface area (Å²) in [6.07, 6.45) is 0. The fourth-order valence-electron chi connectivity index (χ4n) is 9.44. The Hall–Kier alpha value is -7.76. The van der Waals surface area contributed by atoms with Crippen molar-refractivity contribution in [3.8, 4) is 22.8 Å². The van der Waals surface area contributed by atoms with Crippen LogP contribution in [0, 0.1) is 0 Å². The molecule has 0 N–H and O–H groups in total. The first-order valence-electron chi connectivity index (χ1n) is 19.3. The molecule has 0 saturated carbocycles. The first-order chi connectivity index (χ1) is 28.3. The lowest BCUT2D eigenvalue weighted by Gasteiger charge is -2.17. The minimum atomic E-state index is 0.777. The molecule has 0 bridgehead atoms. The number of hydrogen-bond donors (Lipinski definition) is 0. The van der Waals surface area contributed by atoms with Crippen molar-refractivity contribution in [2.24, 2.45) is 0 Å². The van der Waals surface area contributed by atoms with E-state index in [1.165, 1.54) is 10.8 Å². The molecule has 0 amide bonds. The Labute approximate surface area is 325 Å². The van der Waals surface area contributed by atoms with Crippen LogP contribution in [0.1, 0.15) is 0 Å². The van der Waals surface area contributed by atoms with E-state index in [4.69, 9.17) is 14.4 Å². The lowest BCUT2D eigenvalue weighted by Crippen LogP contribution is -2.05. The summed E-state index contributed by atoms with van der Waals surface area (Å²) < 4.78 is 11.1. The van der Waals surface area contributed by atoms with Crippen LogP contribution in [0.4, 0.5) is 0 Å². The number of aromatic nitrogens is 4. The fraction of sp³-hybridized carbons (Fsp3) is 0. The highest BCUT2D eigenvalue weighted by molar-refractivity contribution is 6.25. The van der Waals surface area contributed by atoms with Gasteiger partial charge in [-0.1, -0.05) is 133 Å². The third-order valence-corrected chi connectivity index (χ3v) is 11.9. The number of benzene rings is 9. The number of rotatable bonds is 3. The highest BCUT2D eigenvalue weighted by atomic mass is 16.3. The average molecular weight is 727 g/mol. The Morgan fingerprint density at radius 2 is 0.860 bits per heavy atom. The summed E-state index contributed by atoms with van der Waals surface area (Å²) in [5.41, 5.74) is 10.8. The molecule has 0 spiro atoms. The summed E-state index contributed by atoms with van der Waals surface area (Å²) in [6.45, 7) is 0. The zero-order chi connectivity index (χ0) is 37.2. The van der Waals surface area contributed by atoms with Crippen LogP contribution in [0.3, 0.4) is 0 Å². The second-order valence-electron chi connectivity index (χ2n) is 14.9. The van der Waals surface area contributed by atoms with E-state index in [-0.39, 0.29) is 0 Å². The van der Waals surface area contributed by atoms with Crippen molar-refractivity contribution in [2.75, 3.05) is 0 Å². The molecule has 0 aliphatic heterocycles. The van der Waals surface area contributed by atoms with E-state index in [0.717, 1.165) is 110 Å². The molecule has 264 valence electrons. The molecule has 0 aliphatic rings. The van der Waals surface area contributed by atoms with E-state index in [9.17, 15) is 0 Å². The summed E-state index contributed by atoms with van der Waals surface area (Å²) in [5.74, 6) is 0.777. The standard InChI is InChI=1S/C52H30N4O/c1-2-14-32(15-3-1)55-43-23-11-8-18-35(43)40-27-28-41-36-19-9-12-24-44(36)56(51(41)50(40)55)52-47(31-26-29-46-42(30-31)37-20-10-13-25-45(37)57-46)53-48-38-21-6-4-16-33(38)34-17-5-7-22-39(34)49(48)54-52/h1-30H. The second kappa shape index (κ2) is 11.4. The van der Waals surface area contributed by atoms with Gasteiger partial charge in [-0.05, 0) is 59.3 Å². The van der Waals surface area contributed by atoms with Crippen molar-refractivity contribution < 1.29 is 4.42 Å². The van der Waals surface area contributed by atoms with Crippen LogP contribution in [0.15, 0.2) is 186 Å². The van der Waals surface area contributed by atoms with Gasteiger partial charge < -0.3 is 8.98 Å². The summed E-state index contributed by atoms with van der Waals surface area (Å²) in [4.78, 5) is 11.6. The molecule has 0 radical (unpaired) electrons. The van der Waals surface area contributed by atoms with Gasteiger partial charge in [-0.15, -0.1) is 0 Å². The molecule has 57 heavy (non-hydrogen) atoms. The molecule has 0 atom stereocenters. The molecule has 0 unspecified atom stereocenters. The number of fused-ring (bicyclic) bond motifs is 16. The minimum absolute atomic E-state index is 0.777. The molecule has 0 aliphatic carbocycles. The zero-order valence-corrected chi connectivity index (χ0v) is 30.5. The molecular formula is C52H30N4O. The molecule has 5 nitrogen and oxygen atoms in total. The van der Waals surface area contributed by atoms with Gasteiger partial charge >= 0.3 is 0 Å². The van der Waals surface area contributed by atoms with Crippen LogP contribution in [0.25, 0.3) is 121 Å². The van der Waals surface area contributed by atoms with E-state index in [1.807, 2.05) is 12.1 Å². The van der Waals surface area contributed by atoms with E-state index in [2.05, 4.69) is 179 Å². The lowest BCUT2D eigenvalue weighted by atomic mass is 9.99. The average Bonchev–Trinajstić information content (AvgIpc) is 3.94. The van der Waals surface area contributed by atoms with Gasteiger partial charge in [0.2, 0.25) is 0 Å². The monoisotopic (exact) mass is 726 g/mol. The highest BCUT2D eigenvalue weighted by Gasteiger charge is 2.25. The van der Waals surface area contributed by atoms with Crippen molar-refractivity contribution in [3.63, 3.8) is 0 Å². The van der Waals surface area contributed by atoms with Gasteiger partial charge in [0.25, 0.3) is 0 Å². The maximum absolute atomic E-state index is 6.33. The lowest BCUT2D eigenvalue weighted by molar-refractivity contribution is 0.669. The predicted octanol–water partition coefficient (Wildman–Crippen LogP) is 13.7. The number of hydrogen-bond acceptors (Lipinski definition) is 3. The molecule has 4 aromatic heterocycles. The van der Waals surface area contributed by atoms with Gasteiger partial charge in [-0.3, -0.25) is 4.57 Å². The summed E-state index contributed by atoms with van der Waals surface area (Å²) >= 11 is 0. The van der Waals surface area contributed by atoms with Crippen LogP contribution < -0.4 is 0 Å².